The summed E-state index contributed by atoms with van der Waals surface area (Å²) in [5, 5.41) is 2.76. The monoisotopic (exact) mass is 221 g/mol. The molecule has 1 heterocycles. The number of alkyl carbamates (subject to hydrolysis) is 1. The smallest absolute Gasteiger partial charge is 0.407 e. The fourth-order valence-electron chi connectivity index (χ4n) is 2.07. The van der Waals surface area contributed by atoms with E-state index in [-0.39, 0.29) is 12.1 Å². The van der Waals surface area contributed by atoms with Crippen LogP contribution >= 0.6 is 0 Å². The second-order valence-electron chi connectivity index (χ2n) is 3.98. The number of carbonyl (C=O) groups excluding carboxylic acids is 1. The highest BCUT2D eigenvalue weighted by atomic mass is 16.6. The van der Waals surface area contributed by atoms with Crippen LogP contribution in [0.3, 0.4) is 0 Å². The van der Waals surface area contributed by atoms with E-state index >= 15 is 0 Å². The topological polar surface area (TPSA) is 47.6 Å². The second-order valence-corrected chi connectivity index (χ2v) is 3.98. The Kier molecular flexibility index (Phi) is 2.73. The molecule has 0 bridgehead atoms. The largest absolute Gasteiger partial charge is 0.496 e. The van der Waals surface area contributed by atoms with Crippen molar-refractivity contribution in [2.45, 2.75) is 19.9 Å². The molecule has 0 saturated carbocycles. The van der Waals surface area contributed by atoms with Gasteiger partial charge in [0.1, 0.15) is 12.4 Å². The molecule has 1 aromatic carbocycles. The molecule has 4 heteroatoms. The molecule has 1 amide bonds. The molecule has 1 aliphatic heterocycles. The van der Waals surface area contributed by atoms with E-state index in [9.17, 15) is 4.79 Å². The van der Waals surface area contributed by atoms with E-state index in [1.54, 1.807) is 7.11 Å². The maximum Gasteiger partial charge on any atom is 0.407 e. The Morgan fingerprint density at radius 1 is 1.38 bits per heavy atom. The number of cyclic esters (lactones) is 1. The van der Waals surface area contributed by atoms with Gasteiger partial charge in [0.15, 0.2) is 0 Å². The third-order valence-corrected chi connectivity index (χ3v) is 2.76. The van der Waals surface area contributed by atoms with E-state index < -0.39 is 0 Å². The van der Waals surface area contributed by atoms with Crippen LogP contribution in [0.5, 0.6) is 5.75 Å². The predicted molar refractivity (Wildman–Crippen MR) is 59.7 cm³/mol. The molecule has 0 aliphatic carbocycles. The zero-order valence-electron chi connectivity index (χ0n) is 9.66. The number of ether oxygens (including phenoxy) is 2. The molecule has 16 heavy (non-hydrogen) atoms. The van der Waals surface area contributed by atoms with Crippen molar-refractivity contribution in [3.05, 3.63) is 28.8 Å². The summed E-state index contributed by atoms with van der Waals surface area (Å²) in [6, 6.07) is 3.99. The number of hydrogen-bond donors (Lipinski definition) is 1. The molecule has 4 nitrogen and oxygen atoms in total. The van der Waals surface area contributed by atoms with Gasteiger partial charge in [-0.15, -0.1) is 0 Å². The average Bonchev–Trinajstić information content (AvgIpc) is 2.64. The van der Waals surface area contributed by atoms with Gasteiger partial charge < -0.3 is 14.8 Å². The van der Waals surface area contributed by atoms with Crippen LogP contribution in [0, 0.1) is 13.8 Å². The third kappa shape index (κ3) is 1.83. The standard InChI is InChI=1S/C12H15NO3/c1-7-4-9(5-8(2)11(7)15-3)10-6-16-12(14)13-10/h4-5,10H,6H2,1-3H3,(H,13,14)/t10-/m0/s1. The summed E-state index contributed by atoms with van der Waals surface area (Å²) in [5.41, 5.74) is 3.19. The number of nitrogens with one attached hydrogen (secondary N) is 1. The Labute approximate surface area is 94.6 Å². The Morgan fingerprint density at radius 3 is 2.44 bits per heavy atom. The van der Waals surface area contributed by atoms with Gasteiger partial charge in [-0.1, -0.05) is 12.1 Å². The Hall–Kier alpha value is -1.71. The molecule has 1 N–H and O–H groups in total. The van der Waals surface area contributed by atoms with E-state index in [0.717, 1.165) is 22.4 Å². The molecule has 1 saturated heterocycles. The molecule has 0 unspecified atom stereocenters. The highest BCUT2D eigenvalue weighted by molar-refractivity contribution is 5.70. The molecule has 2 rings (SSSR count). The van der Waals surface area contributed by atoms with Gasteiger partial charge in [0.2, 0.25) is 0 Å². The van der Waals surface area contributed by atoms with Crippen molar-refractivity contribution >= 4 is 6.09 Å². The SMILES string of the molecule is COc1c(C)cc([C@@H]2COC(=O)N2)cc1C. The van der Waals surface area contributed by atoms with Crippen molar-refractivity contribution in [3.63, 3.8) is 0 Å². The molecular formula is C12H15NO3. The molecule has 1 fully saturated rings. The number of amides is 1. The summed E-state index contributed by atoms with van der Waals surface area (Å²) in [4.78, 5) is 11.0. The van der Waals surface area contributed by atoms with E-state index in [0.29, 0.717) is 6.61 Å². The van der Waals surface area contributed by atoms with Gasteiger partial charge in [-0.2, -0.15) is 0 Å². The molecule has 0 aromatic heterocycles. The van der Waals surface area contributed by atoms with Crippen molar-refractivity contribution in [1.82, 2.24) is 5.32 Å². The van der Waals surface area contributed by atoms with Crippen LogP contribution in [0.4, 0.5) is 4.79 Å². The minimum atomic E-state index is -0.351. The Balaban J connectivity index is 2.33. The van der Waals surface area contributed by atoms with Crippen molar-refractivity contribution in [1.29, 1.82) is 0 Å². The number of aryl methyl sites for hydroxylation is 2. The Bertz CT molecular complexity index is 405. The fraction of sp³-hybridized carbons (Fsp3) is 0.417. The van der Waals surface area contributed by atoms with Gasteiger partial charge in [-0.3, -0.25) is 0 Å². The van der Waals surface area contributed by atoms with Crippen molar-refractivity contribution in [2.24, 2.45) is 0 Å². The van der Waals surface area contributed by atoms with Crippen LogP contribution in [-0.4, -0.2) is 19.8 Å². The number of methoxy groups -OCH3 is 1. The van der Waals surface area contributed by atoms with E-state index in [2.05, 4.69) is 5.32 Å². The molecule has 86 valence electrons. The maximum absolute atomic E-state index is 11.0. The van der Waals surface area contributed by atoms with Gasteiger partial charge in [0.05, 0.1) is 13.2 Å². The number of benzene rings is 1. The lowest BCUT2D eigenvalue weighted by atomic mass is 10.0. The fourth-order valence-corrected chi connectivity index (χ4v) is 2.07. The number of hydrogen-bond acceptors (Lipinski definition) is 3. The highest BCUT2D eigenvalue weighted by Crippen LogP contribution is 2.28. The van der Waals surface area contributed by atoms with Crippen LogP contribution in [0.15, 0.2) is 12.1 Å². The summed E-state index contributed by atoms with van der Waals surface area (Å²) in [6.07, 6.45) is -0.351. The van der Waals surface area contributed by atoms with Crippen LogP contribution < -0.4 is 10.1 Å². The first-order chi connectivity index (χ1) is 7.61. The second kappa shape index (κ2) is 4.04. The summed E-state index contributed by atoms with van der Waals surface area (Å²) in [6.45, 7) is 4.38. The predicted octanol–water partition coefficient (Wildman–Crippen LogP) is 2.09. The molecule has 0 radical (unpaired) electrons. The van der Waals surface area contributed by atoms with Crippen molar-refractivity contribution in [3.8, 4) is 5.75 Å². The van der Waals surface area contributed by atoms with Gasteiger partial charge in [-0.05, 0) is 30.5 Å². The van der Waals surface area contributed by atoms with Crippen molar-refractivity contribution in [2.75, 3.05) is 13.7 Å². The van der Waals surface area contributed by atoms with E-state index in [1.165, 1.54) is 0 Å². The minimum Gasteiger partial charge on any atom is -0.496 e. The van der Waals surface area contributed by atoms with Crippen LogP contribution in [0.2, 0.25) is 0 Å². The molecule has 1 aromatic rings. The van der Waals surface area contributed by atoms with Crippen LogP contribution in [0.25, 0.3) is 0 Å². The zero-order valence-corrected chi connectivity index (χ0v) is 9.66. The molecule has 1 atom stereocenters. The maximum atomic E-state index is 11.0. The minimum absolute atomic E-state index is 0.0455. The Morgan fingerprint density at radius 2 is 2.00 bits per heavy atom. The number of carbonyl (C=O) groups is 1. The summed E-state index contributed by atoms with van der Waals surface area (Å²) >= 11 is 0. The van der Waals surface area contributed by atoms with Crippen molar-refractivity contribution < 1.29 is 14.3 Å². The lowest BCUT2D eigenvalue weighted by Gasteiger charge is -2.14. The lowest BCUT2D eigenvalue weighted by molar-refractivity contribution is 0.177. The first kappa shape index (κ1) is 10.8. The van der Waals surface area contributed by atoms with E-state index in [4.69, 9.17) is 9.47 Å². The molecule has 1 aliphatic rings. The lowest BCUT2D eigenvalue weighted by Crippen LogP contribution is -2.18. The van der Waals surface area contributed by atoms with Gasteiger partial charge in [-0.25, -0.2) is 4.79 Å². The van der Waals surface area contributed by atoms with Gasteiger partial charge >= 0.3 is 6.09 Å². The van der Waals surface area contributed by atoms with Gasteiger partial charge in [0, 0.05) is 0 Å². The summed E-state index contributed by atoms with van der Waals surface area (Å²) in [5.74, 6) is 0.897. The zero-order chi connectivity index (χ0) is 11.7. The van der Waals surface area contributed by atoms with E-state index in [1.807, 2.05) is 26.0 Å². The summed E-state index contributed by atoms with van der Waals surface area (Å²) in [7, 11) is 1.66. The van der Waals surface area contributed by atoms with Gasteiger partial charge in [0.25, 0.3) is 0 Å². The summed E-state index contributed by atoms with van der Waals surface area (Å²) < 4.78 is 10.2. The first-order valence-corrected chi connectivity index (χ1v) is 5.20. The number of rotatable bonds is 2. The molecular weight excluding hydrogens is 206 g/mol. The molecule has 0 spiro atoms. The highest BCUT2D eigenvalue weighted by Gasteiger charge is 2.24. The normalized spacial score (nSPS) is 19.2. The average molecular weight is 221 g/mol. The quantitative estimate of drug-likeness (QED) is 0.831. The third-order valence-electron chi connectivity index (χ3n) is 2.76. The van der Waals surface area contributed by atoms with Crippen LogP contribution in [0.1, 0.15) is 22.7 Å². The van der Waals surface area contributed by atoms with Crippen LogP contribution in [-0.2, 0) is 4.74 Å². The first-order valence-electron chi connectivity index (χ1n) is 5.20.